The predicted molar refractivity (Wildman–Crippen MR) is 113 cm³/mol. The lowest BCUT2D eigenvalue weighted by atomic mass is 10.1. The maximum absolute atomic E-state index is 12.5. The van der Waals surface area contributed by atoms with Crippen molar-refractivity contribution >= 4 is 17.6 Å². The average molecular weight is 396 g/mol. The van der Waals surface area contributed by atoms with Crippen LogP contribution in [-0.2, 0) is 16.0 Å². The highest BCUT2D eigenvalue weighted by Crippen LogP contribution is 2.18. The van der Waals surface area contributed by atoms with E-state index in [1.54, 1.807) is 4.90 Å². The molecule has 1 saturated heterocycles. The Bertz CT molecular complexity index is 846. The number of hydrogen-bond acceptors (Lipinski definition) is 5. The fraction of sp³-hybridized carbons (Fsp3) is 0.455. The van der Waals surface area contributed by atoms with Gasteiger partial charge in [0.1, 0.15) is 11.6 Å². The Hall–Kier alpha value is -2.96. The number of hydrogen-bond donors (Lipinski definition) is 1. The van der Waals surface area contributed by atoms with Crippen LogP contribution in [0.25, 0.3) is 0 Å². The lowest BCUT2D eigenvalue weighted by Crippen LogP contribution is -2.51. The summed E-state index contributed by atoms with van der Waals surface area (Å²) in [5.41, 5.74) is 1.89. The minimum atomic E-state index is -0.138. The maximum atomic E-state index is 12.5. The summed E-state index contributed by atoms with van der Waals surface area (Å²) in [4.78, 5) is 37.7. The van der Waals surface area contributed by atoms with E-state index in [9.17, 15) is 9.59 Å². The summed E-state index contributed by atoms with van der Waals surface area (Å²) in [6.45, 7) is 8.86. The molecule has 0 atom stereocenters. The van der Waals surface area contributed by atoms with Gasteiger partial charge in [0.2, 0.25) is 11.8 Å². The number of piperazine rings is 1. The smallest absolute Gasteiger partial charge is 0.242 e. The van der Waals surface area contributed by atoms with Gasteiger partial charge in [0, 0.05) is 43.9 Å². The molecule has 1 aromatic heterocycles. The number of carbonyl (C=O) groups is 2. The van der Waals surface area contributed by atoms with E-state index in [-0.39, 0.29) is 30.7 Å². The molecule has 154 valence electrons. The number of carbonyl (C=O) groups excluding carboxylic acids is 2. The van der Waals surface area contributed by atoms with Gasteiger partial charge < -0.3 is 15.1 Å². The quantitative estimate of drug-likeness (QED) is 0.808. The molecule has 1 N–H and O–H groups in total. The Kier molecular flexibility index (Phi) is 6.80. The van der Waals surface area contributed by atoms with Crippen LogP contribution in [-0.4, -0.2) is 59.4 Å². The van der Waals surface area contributed by atoms with Crippen molar-refractivity contribution in [3.8, 4) is 0 Å². The Labute approximate surface area is 172 Å². The van der Waals surface area contributed by atoms with Gasteiger partial charge >= 0.3 is 0 Å². The molecule has 0 spiro atoms. The summed E-state index contributed by atoms with van der Waals surface area (Å²) >= 11 is 0. The van der Waals surface area contributed by atoms with Crippen molar-refractivity contribution in [2.24, 2.45) is 0 Å². The molecule has 7 heteroatoms. The van der Waals surface area contributed by atoms with E-state index in [2.05, 4.69) is 34.0 Å². The van der Waals surface area contributed by atoms with Crippen LogP contribution in [0.5, 0.6) is 0 Å². The van der Waals surface area contributed by atoms with E-state index in [1.165, 1.54) is 0 Å². The van der Waals surface area contributed by atoms with Crippen molar-refractivity contribution < 1.29 is 9.59 Å². The van der Waals surface area contributed by atoms with E-state index in [0.29, 0.717) is 13.1 Å². The van der Waals surface area contributed by atoms with Crippen LogP contribution in [0.3, 0.4) is 0 Å². The van der Waals surface area contributed by atoms with E-state index >= 15 is 0 Å². The number of nitrogens with one attached hydrogen (secondary N) is 1. The molecule has 7 nitrogen and oxygen atoms in total. The number of aromatic nitrogens is 2. The fourth-order valence-corrected chi connectivity index (χ4v) is 3.31. The molecule has 3 rings (SSSR count). The van der Waals surface area contributed by atoms with Gasteiger partial charge in [-0.05, 0) is 12.5 Å². The highest BCUT2D eigenvalue weighted by atomic mass is 16.2. The summed E-state index contributed by atoms with van der Waals surface area (Å²) in [7, 11) is 0. The van der Waals surface area contributed by atoms with Crippen molar-refractivity contribution in [2.45, 2.75) is 33.1 Å². The summed E-state index contributed by atoms with van der Waals surface area (Å²) in [5, 5.41) is 2.73. The van der Waals surface area contributed by atoms with Crippen LogP contribution in [0.2, 0.25) is 0 Å². The molecule has 0 unspecified atom stereocenters. The molecular weight excluding hydrogens is 366 g/mol. The second-order valence-corrected chi connectivity index (χ2v) is 7.69. The number of nitrogens with zero attached hydrogens (tertiary/aromatic N) is 4. The van der Waals surface area contributed by atoms with Crippen molar-refractivity contribution in [2.75, 3.05) is 37.6 Å². The van der Waals surface area contributed by atoms with Crippen LogP contribution in [0, 0.1) is 6.92 Å². The number of benzene rings is 1. The van der Waals surface area contributed by atoms with Crippen molar-refractivity contribution in [3.63, 3.8) is 0 Å². The van der Waals surface area contributed by atoms with Crippen LogP contribution < -0.4 is 10.2 Å². The van der Waals surface area contributed by atoms with E-state index in [1.807, 2.05) is 43.3 Å². The van der Waals surface area contributed by atoms with E-state index in [4.69, 9.17) is 0 Å². The normalized spacial score (nSPS) is 14.2. The molecule has 29 heavy (non-hydrogen) atoms. The zero-order valence-electron chi connectivity index (χ0n) is 17.4. The first-order valence-electron chi connectivity index (χ1n) is 10.1. The summed E-state index contributed by atoms with van der Waals surface area (Å²) < 4.78 is 0. The van der Waals surface area contributed by atoms with Gasteiger partial charge in [0.25, 0.3) is 0 Å². The lowest BCUT2D eigenvalue weighted by molar-refractivity contribution is -0.133. The number of amides is 2. The monoisotopic (exact) mass is 395 g/mol. The van der Waals surface area contributed by atoms with Gasteiger partial charge in [-0.15, -0.1) is 0 Å². The third-order valence-corrected chi connectivity index (χ3v) is 4.98. The van der Waals surface area contributed by atoms with Gasteiger partial charge in [-0.2, -0.15) is 0 Å². The first-order valence-corrected chi connectivity index (χ1v) is 10.1. The van der Waals surface area contributed by atoms with Crippen LogP contribution in [0.4, 0.5) is 5.82 Å². The molecule has 1 aromatic carbocycles. The maximum Gasteiger partial charge on any atom is 0.242 e. The molecular formula is C22H29N5O2. The highest BCUT2D eigenvalue weighted by Gasteiger charge is 2.23. The number of anilines is 1. The third kappa shape index (κ3) is 5.76. The molecule has 0 saturated carbocycles. The Morgan fingerprint density at radius 3 is 2.41 bits per heavy atom. The van der Waals surface area contributed by atoms with Crippen LogP contribution >= 0.6 is 0 Å². The van der Waals surface area contributed by atoms with Crippen LogP contribution in [0.15, 0.2) is 36.4 Å². The molecule has 0 radical (unpaired) electrons. The van der Waals surface area contributed by atoms with Crippen molar-refractivity contribution in [3.05, 3.63) is 53.5 Å². The molecule has 2 amide bonds. The van der Waals surface area contributed by atoms with Gasteiger partial charge in [-0.25, -0.2) is 9.97 Å². The summed E-state index contributed by atoms with van der Waals surface area (Å²) in [6.07, 6.45) is 0.285. The zero-order valence-corrected chi connectivity index (χ0v) is 17.4. The second kappa shape index (κ2) is 9.49. The standard InChI is InChI=1S/C22H29N5O2/c1-16(2)22-24-17(3)13-19(25-22)26-9-11-27(12-10-26)21(29)15-23-20(28)14-18-7-5-4-6-8-18/h4-8,13,16H,9-12,14-15H2,1-3H3,(H,23,28). The molecule has 1 aliphatic rings. The first-order chi connectivity index (χ1) is 13.9. The van der Waals surface area contributed by atoms with Crippen LogP contribution in [0.1, 0.15) is 36.8 Å². The second-order valence-electron chi connectivity index (χ2n) is 7.69. The summed E-state index contributed by atoms with van der Waals surface area (Å²) in [6, 6.07) is 11.5. The predicted octanol–water partition coefficient (Wildman–Crippen LogP) is 1.92. The molecule has 1 fully saturated rings. The van der Waals surface area contributed by atoms with Gasteiger partial charge in [0.15, 0.2) is 0 Å². The fourth-order valence-electron chi connectivity index (χ4n) is 3.31. The average Bonchev–Trinajstić information content (AvgIpc) is 2.72. The van der Waals surface area contributed by atoms with E-state index in [0.717, 1.165) is 36.0 Å². The number of aryl methyl sites for hydroxylation is 1. The van der Waals surface area contributed by atoms with Gasteiger partial charge in [-0.3, -0.25) is 9.59 Å². The molecule has 2 heterocycles. The molecule has 0 aliphatic carbocycles. The Morgan fingerprint density at radius 1 is 1.07 bits per heavy atom. The SMILES string of the molecule is Cc1cc(N2CCN(C(=O)CNC(=O)Cc3ccccc3)CC2)nc(C(C)C)n1. The van der Waals surface area contributed by atoms with Crippen molar-refractivity contribution in [1.82, 2.24) is 20.2 Å². The highest BCUT2D eigenvalue weighted by molar-refractivity contribution is 5.85. The van der Waals surface area contributed by atoms with Gasteiger partial charge in [0.05, 0.1) is 13.0 Å². The minimum Gasteiger partial charge on any atom is -0.353 e. The van der Waals surface area contributed by atoms with Gasteiger partial charge in [-0.1, -0.05) is 44.2 Å². The largest absolute Gasteiger partial charge is 0.353 e. The molecule has 0 bridgehead atoms. The third-order valence-electron chi connectivity index (χ3n) is 4.98. The molecule has 2 aromatic rings. The minimum absolute atomic E-state index is 0.0375. The van der Waals surface area contributed by atoms with Crippen molar-refractivity contribution in [1.29, 1.82) is 0 Å². The van der Waals surface area contributed by atoms with E-state index < -0.39 is 0 Å². The summed E-state index contributed by atoms with van der Waals surface area (Å²) in [5.74, 6) is 1.86. The first kappa shape index (κ1) is 20.8. The Morgan fingerprint density at radius 2 is 1.76 bits per heavy atom. The molecule has 1 aliphatic heterocycles. The number of rotatable bonds is 6. The topological polar surface area (TPSA) is 78.4 Å². The Balaban J connectivity index is 1.48. The lowest BCUT2D eigenvalue weighted by Gasteiger charge is -2.35. The zero-order chi connectivity index (χ0) is 20.8.